The van der Waals surface area contributed by atoms with E-state index in [1.807, 2.05) is 30.5 Å². The summed E-state index contributed by atoms with van der Waals surface area (Å²) in [6.45, 7) is 4.07. The highest BCUT2D eigenvalue weighted by Crippen LogP contribution is 2.18. The van der Waals surface area contributed by atoms with Gasteiger partial charge in [0.05, 0.1) is 18.4 Å². The second-order valence-corrected chi connectivity index (χ2v) is 6.43. The zero-order chi connectivity index (χ0) is 20.1. The molecule has 1 amide bonds. The number of esters is 1. The lowest BCUT2D eigenvalue weighted by Gasteiger charge is -2.09. The third-order valence-electron chi connectivity index (χ3n) is 4.42. The first-order chi connectivity index (χ1) is 13.4. The van der Waals surface area contributed by atoms with Crippen molar-refractivity contribution in [2.45, 2.75) is 26.9 Å². The number of rotatable bonds is 7. The van der Waals surface area contributed by atoms with E-state index < -0.39 is 11.9 Å². The van der Waals surface area contributed by atoms with Gasteiger partial charge < -0.3 is 19.0 Å². The SMILES string of the molecule is Cc1cc(C(=O)OCC(=O)NCc2ccc(F)cc2)c(C)n1Cc1ccco1. The minimum absolute atomic E-state index is 0.230. The normalized spacial score (nSPS) is 10.7. The zero-order valence-corrected chi connectivity index (χ0v) is 15.7. The van der Waals surface area contributed by atoms with Crippen molar-refractivity contribution >= 4 is 11.9 Å². The standard InChI is InChI=1S/C21H21FN2O4/c1-14-10-19(15(2)24(14)12-18-4-3-9-27-18)21(26)28-13-20(25)23-11-16-5-7-17(22)8-6-16/h3-10H,11-13H2,1-2H3,(H,23,25). The van der Waals surface area contributed by atoms with Gasteiger partial charge in [0.2, 0.25) is 0 Å². The molecule has 0 spiro atoms. The van der Waals surface area contributed by atoms with Crippen LogP contribution in [0.3, 0.4) is 0 Å². The van der Waals surface area contributed by atoms with Crippen molar-refractivity contribution in [3.05, 3.63) is 82.8 Å². The van der Waals surface area contributed by atoms with Gasteiger partial charge in [-0.1, -0.05) is 12.1 Å². The number of aryl methyl sites for hydroxylation is 1. The maximum Gasteiger partial charge on any atom is 0.340 e. The van der Waals surface area contributed by atoms with E-state index in [0.717, 1.165) is 22.7 Å². The number of nitrogens with zero attached hydrogens (tertiary/aromatic N) is 1. The molecule has 3 aromatic rings. The second-order valence-electron chi connectivity index (χ2n) is 6.43. The van der Waals surface area contributed by atoms with Gasteiger partial charge >= 0.3 is 5.97 Å². The number of hydrogen-bond acceptors (Lipinski definition) is 4. The number of nitrogens with one attached hydrogen (secondary N) is 1. The molecule has 0 atom stereocenters. The highest BCUT2D eigenvalue weighted by atomic mass is 19.1. The number of aromatic nitrogens is 1. The fourth-order valence-electron chi connectivity index (χ4n) is 2.87. The van der Waals surface area contributed by atoms with Gasteiger partial charge in [0.15, 0.2) is 6.61 Å². The Labute approximate surface area is 161 Å². The van der Waals surface area contributed by atoms with Crippen LogP contribution in [0.2, 0.25) is 0 Å². The first-order valence-electron chi connectivity index (χ1n) is 8.81. The molecule has 1 N–H and O–H groups in total. The van der Waals surface area contributed by atoms with Crippen molar-refractivity contribution in [1.82, 2.24) is 9.88 Å². The number of halogens is 1. The van der Waals surface area contributed by atoms with E-state index in [4.69, 9.17) is 9.15 Å². The van der Waals surface area contributed by atoms with Crippen LogP contribution in [0.5, 0.6) is 0 Å². The van der Waals surface area contributed by atoms with Crippen LogP contribution in [-0.2, 0) is 22.6 Å². The molecule has 0 aliphatic heterocycles. The first-order valence-corrected chi connectivity index (χ1v) is 8.81. The Hall–Kier alpha value is -3.35. The molecule has 0 saturated heterocycles. The molecule has 0 radical (unpaired) electrons. The number of furan rings is 1. The average Bonchev–Trinajstić information content (AvgIpc) is 3.29. The van der Waals surface area contributed by atoms with E-state index in [0.29, 0.717) is 12.1 Å². The predicted molar refractivity (Wildman–Crippen MR) is 100 cm³/mol. The number of amides is 1. The van der Waals surface area contributed by atoms with Crippen molar-refractivity contribution < 1.29 is 23.1 Å². The fraction of sp³-hybridized carbons (Fsp3) is 0.238. The Morgan fingerprint density at radius 3 is 2.61 bits per heavy atom. The summed E-state index contributed by atoms with van der Waals surface area (Å²) in [6, 6.07) is 11.2. The van der Waals surface area contributed by atoms with Crippen molar-refractivity contribution in [2.24, 2.45) is 0 Å². The third kappa shape index (κ3) is 4.68. The lowest BCUT2D eigenvalue weighted by atomic mass is 10.2. The number of benzene rings is 1. The van der Waals surface area contributed by atoms with Gasteiger partial charge in [-0.15, -0.1) is 0 Å². The van der Waals surface area contributed by atoms with E-state index in [-0.39, 0.29) is 19.0 Å². The Morgan fingerprint density at radius 1 is 1.18 bits per heavy atom. The van der Waals surface area contributed by atoms with Gasteiger partial charge in [0.25, 0.3) is 5.91 Å². The first kappa shape index (κ1) is 19.4. The Bertz CT molecular complexity index is 959. The molecule has 7 heteroatoms. The Kier molecular flexibility index (Phi) is 5.93. The van der Waals surface area contributed by atoms with Crippen LogP contribution in [-0.4, -0.2) is 23.1 Å². The summed E-state index contributed by atoms with van der Waals surface area (Å²) in [6.07, 6.45) is 1.60. The van der Waals surface area contributed by atoms with Crippen molar-refractivity contribution in [3.63, 3.8) is 0 Å². The maximum atomic E-state index is 12.9. The van der Waals surface area contributed by atoms with Gasteiger partial charge in [-0.05, 0) is 49.7 Å². The van der Waals surface area contributed by atoms with Crippen molar-refractivity contribution in [3.8, 4) is 0 Å². The third-order valence-corrected chi connectivity index (χ3v) is 4.42. The summed E-state index contributed by atoms with van der Waals surface area (Å²) in [7, 11) is 0. The van der Waals surface area contributed by atoms with Gasteiger partial charge in [0.1, 0.15) is 11.6 Å². The van der Waals surface area contributed by atoms with Crippen LogP contribution >= 0.6 is 0 Å². The summed E-state index contributed by atoms with van der Waals surface area (Å²) in [5.41, 5.74) is 2.80. The van der Waals surface area contributed by atoms with Gasteiger partial charge in [0, 0.05) is 17.9 Å². The highest BCUT2D eigenvalue weighted by molar-refractivity contribution is 5.92. The summed E-state index contributed by atoms with van der Waals surface area (Å²) in [5.74, 6) is -0.548. The lowest BCUT2D eigenvalue weighted by Crippen LogP contribution is -2.28. The molecule has 0 unspecified atom stereocenters. The molecule has 6 nitrogen and oxygen atoms in total. The van der Waals surface area contributed by atoms with Crippen molar-refractivity contribution in [2.75, 3.05) is 6.61 Å². The van der Waals surface area contributed by atoms with Gasteiger partial charge in [-0.3, -0.25) is 4.79 Å². The zero-order valence-electron chi connectivity index (χ0n) is 15.7. The van der Waals surface area contributed by atoms with Crippen LogP contribution in [0.25, 0.3) is 0 Å². The monoisotopic (exact) mass is 384 g/mol. The number of carbonyl (C=O) groups excluding carboxylic acids is 2. The molecule has 1 aromatic carbocycles. The molecule has 28 heavy (non-hydrogen) atoms. The Balaban J connectivity index is 1.54. The largest absolute Gasteiger partial charge is 0.467 e. The summed E-state index contributed by atoms with van der Waals surface area (Å²) < 4.78 is 25.3. The maximum absolute atomic E-state index is 12.9. The van der Waals surface area contributed by atoms with E-state index in [9.17, 15) is 14.0 Å². The molecule has 0 saturated carbocycles. The van der Waals surface area contributed by atoms with Gasteiger partial charge in [-0.2, -0.15) is 0 Å². The molecule has 2 aromatic heterocycles. The lowest BCUT2D eigenvalue weighted by molar-refractivity contribution is -0.124. The molecular weight excluding hydrogens is 363 g/mol. The average molecular weight is 384 g/mol. The highest BCUT2D eigenvalue weighted by Gasteiger charge is 2.18. The van der Waals surface area contributed by atoms with E-state index in [2.05, 4.69) is 5.32 Å². The smallest absolute Gasteiger partial charge is 0.340 e. The summed E-state index contributed by atoms with van der Waals surface area (Å²) in [5, 5.41) is 2.63. The number of carbonyl (C=O) groups is 2. The predicted octanol–water partition coefficient (Wildman–Crippen LogP) is 3.36. The second kappa shape index (κ2) is 8.56. The minimum atomic E-state index is -0.560. The summed E-state index contributed by atoms with van der Waals surface area (Å²) in [4.78, 5) is 24.3. The van der Waals surface area contributed by atoms with Crippen LogP contribution < -0.4 is 5.32 Å². The van der Waals surface area contributed by atoms with E-state index in [1.54, 1.807) is 24.5 Å². The van der Waals surface area contributed by atoms with Crippen LogP contribution in [0.1, 0.15) is 33.1 Å². The fourth-order valence-corrected chi connectivity index (χ4v) is 2.87. The molecule has 2 heterocycles. The van der Waals surface area contributed by atoms with Crippen LogP contribution in [0, 0.1) is 19.7 Å². The molecule has 0 aliphatic rings. The molecule has 146 valence electrons. The topological polar surface area (TPSA) is 73.5 Å². The molecule has 0 bridgehead atoms. The van der Waals surface area contributed by atoms with Gasteiger partial charge in [-0.25, -0.2) is 9.18 Å². The molecule has 3 rings (SSSR count). The quantitative estimate of drug-likeness (QED) is 0.634. The number of ether oxygens (including phenoxy) is 1. The molecule has 0 aliphatic carbocycles. The summed E-state index contributed by atoms with van der Waals surface area (Å²) >= 11 is 0. The van der Waals surface area contributed by atoms with E-state index >= 15 is 0 Å². The molecular formula is C21H21FN2O4. The van der Waals surface area contributed by atoms with Crippen LogP contribution in [0.15, 0.2) is 53.1 Å². The van der Waals surface area contributed by atoms with E-state index in [1.165, 1.54) is 12.1 Å². The van der Waals surface area contributed by atoms with Crippen molar-refractivity contribution in [1.29, 1.82) is 0 Å². The van der Waals surface area contributed by atoms with Crippen LogP contribution in [0.4, 0.5) is 4.39 Å². The minimum Gasteiger partial charge on any atom is -0.467 e. The number of hydrogen-bond donors (Lipinski definition) is 1. The molecule has 0 fully saturated rings. The Morgan fingerprint density at radius 2 is 1.93 bits per heavy atom.